The van der Waals surface area contributed by atoms with Crippen LogP contribution in [0.15, 0.2) is 42.0 Å². The molecule has 2 aliphatic heterocycles. The third-order valence-corrected chi connectivity index (χ3v) is 4.78. The van der Waals surface area contributed by atoms with Gasteiger partial charge in [0.2, 0.25) is 5.95 Å². The van der Waals surface area contributed by atoms with Crippen molar-refractivity contribution in [2.24, 2.45) is 0 Å². The van der Waals surface area contributed by atoms with E-state index in [2.05, 4.69) is 32.3 Å². The minimum atomic E-state index is -0.368. The lowest BCUT2D eigenvalue weighted by molar-refractivity contribution is -0.129. The number of amides is 1. The number of pyridine rings is 1. The molecule has 2 aliphatic rings. The van der Waals surface area contributed by atoms with E-state index in [-0.39, 0.29) is 11.9 Å². The quantitative estimate of drug-likeness (QED) is 0.869. The third-order valence-electron chi connectivity index (χ3n) is 4.78. The van der Waals surface area contributed by atoms with E-state index in [4.69, 9.17) is 0 Å². The molecule has 0 radical (unpaired) electrons. The van der Waals surface area contributed by atoms with Crippen molar-refractivity contribution < 1.29 is 4.79 Å². The molecule has 1 N–H and O–H groups in total. The van der Waals surface area contributed by atoms with Crippen molar-refractivity contribution in [2.45, 2.75) is 13.0 Å². The summed E-state index contributed by atoms with van der Waals surface area (Å²) in [5.74, 6) is 0.665. The van der Waals surface area contributed by atoms with Crippen molar-refractivity contribution in [3.05, 3.63) is 47.7 Å². The first-order chi connectivity index (χ1) is 12.1. The molecule has 0 bridgehead atoms. The number of likely N-dealkylation sites (N-methyl/N-ethyl adjacent to an activating group) is 1. The van der Waals surface area contributed by atoms with Gasteiger partial charge in [-0.3, -0.25) is 9.78 Å². The van der Waals surface area contributed by atoms with Gasteiger partial charge in [-0.1, -0.05) is 6.07 Å². The van der Waals surface area contributed by atoms with E-state index in [9.17, 15) is 4.79 Å². The van der Waals surface area contributed by atoms with Crippen LogP contribution in [0.1, 0.15) is 18.7 Å². The number of hydrogen-bond acceptors (Lipinski definition) is 6. The summed E-state index contributed by atoms with van der Waals surface area (Å²) in [5, 5.41) is 7.53. The number of piperazine rings is 1. The van der Waals surface area contributed by atoms with Crippen LogP contribution in [0.5, 0.6) is 0 Å². The number of nitrogens with zero attached hydrogens (tertiary/aromatic N) is 6. The van der Waals surface area contributed by atoms with Crippen LogP contribution >= 0.6 is 0 Å². The largest absolute Gasteiger partial charge is 0.336 e. The van der Waals surface area contributed by atoms with Crippen molar-refractivity contribution in [2.75, 3.05) is 38.5 Å². The van der Waals surface area contributed by atoms with Gasteiger partial charge < -0.3 is 15.1 Å². The van der Waals surface area contributed by atoms with Crippen LogP contribution in [0.3, 0.4) is 0 Å². The summed E-state index contributed by atoms with van der Waals surface area (Å²) < 4.78 is 1.73. The molecule has 0 saturated carbocycles. The Morgan fingerprint density at radius 2 is 2.00 bits per heavy atom. The lowest BCUT2D eigenvalue weighted by Gasteiger charge is -2.36. The number of carbonyl (C=O) groups is 1. The Morgan fingerprint density at radius 3 is 2.72 bits per heavy atom. The van der Waals surface area contributed by atoms with Gasteiger partial charge in [-0.15, -0.1) is 0 Å². The Hall–Kier alpha value is -2.74. The maximum atomic E-state index is 13.3. The number of fused-ring (bicyclic) bond motifs is 1. The number of aromatic nitrogens is 4. The molecule has 4 heterocycles. The van der Waals surface area contributed by atoms with Gasteiger partial charge in [-0.2, -0.15) is 10.1 Å². The van der Waals surface area contributed by atoms with Gasteiger partial charge in [-0.25, -0.2) is 4.68 Å². The third kappa shape index (κ3) is 2.78. The highest BCUT2D eigenvalue weighted by Crippen LogP contribution is 2.34. The van der Waals surface area contributed by atoms with E-state index < -0.39 is 0 Å². The molecule has 1 amide bonds. The molecule has 0 aliphatic carbocycles. The highest BCUT2D eigenvalue weighted by Gasteiger charge is 2.36. The van der Waals surface area contributed by atoms with Gasteiger partial charge in [0.25, 0.3) is 5.91 Å². The summed E-state index contributed by atoms with van der Waals surface area (Å²) in [6.45, 7) is 5.14. The van der Waals surface area contributed by atoms with Crippen molar-refractivity contribution in [3.63, 3.8) is 0 Å². The van der Waals surface area contributed by atoms with E-state index in [1.165, 1.54) is 6.33 Å². The molecule has 0 spiro atoms. The smallest absolute Gasteiger partial charge is 0.254 e. The summed E-state index contributed by atoms with van der Waals surface area (Å²) >= 11 is 0. The van der Waals surface area contributed by atoms with Crippen LogP contribution in [-0.4, -0.2) is 68.7 Å². The number of allylic oxidation sites excluding steroid dienone is 1. The molecule has 2 aromatic heterocycles. The monoisotopic (exact) mass is 339 g/mol. The van der Waals surface area contributed by atoms with E-state index in [0.29, 0.717) is 11.5 Å². The number of rotatable bonds is 2. The first kappa shape index (κ1) is 15.8. The van der Waals surface area contributed by atoms with Crippen LogP contribution in [0.2, 0.25) is 0 Å². The fraction of sp³-hybridized carbons (Fsp3) is 0.412. The van der Waals surface area contributed by atoms with E-state index in [1.807, 2.05) is 30.0 Å². The van der Waals surface area contributed by atoms with Gasteiger partial charge in [0.05, 0.1) is 11.3 Å². The molecule has 0 aromatic carbocycles. The van der Waals surface area contributed by atoms with Crippen molar-refractivity contribution >= 4 is 11.9 Å². The second-order valence-corrected chi connectivity index (χ2v) is 6.44. The Bertz CT molecular complexity index is 805. The van der Waals surface area contributed by atoms with Crippen LogP contribution in [-0.2, 0) is 4.79 Å². The summed E-state index contributed by atoms with van der Waals surface area (Å²) in [5.41, 5.74) is 2.27. The van der Waals surface area contributed by atoms with Crippen molar-refractivity contribution in [1.29, 1.82) is 0 Å². The lowest BCUT2D eigenvalue weighted by atomic mass is 9.98. The molecule has 25 heavy (non-hydrogen) atoms. The Morgan fingerprint density at radius 1 is 1.20 bits per heavy atom. The summed E-state index contributed by atoms with van der Waals surface area (Å²) in [6, 6.07) is 5.35. The molecule has 8 nitrogen and oxygen atoms in total. The molecule has 0 unspecified atom stereocenters. The van der Waals surface area contributed by atoms with Crippen LogP contribution < -0.4 is 5.32 Å². The zero-order valence-electron chi connectivity index (χ0n) is 14.4. The SMILES string of the molecule is CC1=C(C(=O)N2CCN(C)CC2)[C@@H](c2ccccn2)n2ncnc2N1. The van der Waals surface area contributed by atoms with Gasteiger partial charge >= 0.3 is 0 Å². The van der Waals surface area contributed by atoms with Crippen molar-refractivity contribution in [3.8, 4) is 0 Å². The number of anilines is 1. The minimum absolute atomic E-state index is 0.0369. The lowest BCUT2D eigenvalue weighted by Crippen LogP contribution is -2.49. The first-order valence-corrected chi connectivity index (χ1v) is 8.41. The summed E-state index contributed by atoms with van der Waals surface area (Å²) in [7, 11) is 2.08. The van der Waals surface area contributed by atoms with Gasteiger partial charge in [0.15, 0.2) is 0 Å². The highest BCUT2D eigenvalue weighted by molar-refractivity contribution is 5.96. The van der Waals surface area contributed by atoms with Crippen LogP contribution in [0.25, 0.3) is 0 Å². The van der Waals surface area contributed by atoms with Crippen LogP contribution in [0, 0.1) is 0 Å². The van der Waals surface area contributed by atoms with Crippen LogP contribution in [0.4, 0.5) is 5.95 Å². The molecule has 130 valence electrons. The molecule has 4 rings (SSSR count). The predicted octanol–water partition coefficient (Wildman–Crippen LogP) is 0.736. The minimum Gasteiger partial charge on any atom is -0.336 e. The highest BCUT2D eigenvalue weighted by atomic mass is 16.2. The Balaban J connectivity index is 1.74. The second-order valence-electron chi connectivity index (χ2n) is 6.44. The second kappa shape index (κ2) is 6.29. The molecular weight excluding hydrogens is 318 g/mol. The summed E-state index contributed by atoms with van der Waals surface area (Å²) in [6.07, 6.45) is 3.23. The van der Waals surface area contributed by atoms with Crippen molar-refractivity contribution in [1.82, 2.24) is 29.5 Å². The average molecular weight is 339 g/mol. The standard InChI is InChI=1S/C17H21N7O/c1-12-14(16(25)23-9-7-22(2)8-10-23)15(13-5-3-4-6-18-13)24-17(21-12)19-11-20-24/h3-6,11,15H,7-10H2,1-2H3,(H,19,20,21)/t15-/m1/s1. The molecule has 1 saturated heterocycles. The molecular formula is C17H21N7O. The number of carbonyl (C=O) groups excluding carboxylic acids is 1. The number of hydrogen-bond donors (Lipinski definition) is 1. The van der Waals surface area contributed by atoms with E-state index >= 15 is 0 Å². The van der Waals surface area contributed by atoms with Gasteiger partial charge in [0.1, 0.15) is 12.4 Å². The number of nitrogens with one attached hydrogen (secondary N) is 1. The molecule has 1 atom stereocenters. The normalized spacial score (nSPS) is 21.0. The molecule has 8 heteroatoms. The Kier molecular flexibility index (Phi) is 3.96. The maximum Gasteiger partial charge on any atom is 0.254 e. The topological polar surface area (TPSA) is 79.2 Å². The molecule has 1 fully saturated rings. The maximum absolute atomic E-state index is 13.3. The fourth-order valence-electron chi connectivity index (χ4n) is 3.36. The first-order valence-electron chi connectivity index (χ1n) is 8.41. The zero-order valence-corrected chi connectivity index (χ0v) is 14.4. The zero-order chi connectivity index (χ0) is 17.4. The van der Waals surface area contributed by atoms with E-state index in [1.54, 1.807) is 10.9 Å². The average Bonchev–Trinajstić information content (AvgIpc) is 3.09. The molecule has 2 aromatic rings. The fourth-order valence-corrected chi connectivity index (χ4v) is 3.36. The Labute approximate surface area is 146 Å². The summed E-state index contributed by atoms with van der Waals surface area (Å²) in [4.78, 5) is 26.2. The van der Waals surface area contributed by atoms with Gasteiger partial charge in [0, 0.05) is 38.1 Å². The van der Waals surface area contributed by atoms with Gasteiger partial charge in [-0.05, 0) is 26.1 Å². The predicted molar refractivity (Wildman–Crippen MR) is 92.8 cm³/mol. The van der Waals surface area contributed by atoms with E-state index in [0.717, 1.165) is 37.6 Å².